The Morgan fingerprint density at radius 2 is 1.38 bits per heavy atom. The molecule has 4 aromatic carbocycles. The maximum absolute atomic E-state index is 12.2. The Morgan fingerprint density at radius 3 is 1.90 bits per heavy atom. The minimum absolute atomic E-state index is 0.0772. The number of nitro benzene ring substituents is 1. The summed E-state index contributed by atoms with van der Waals surface area (Å²) in [6, 6.07) is 19.0. The molecule has 2 amide bonds. The zero-order valence-corrected chi connectivity index (χ0v) is 14.9. The van der Waals surface area contributed by atoms with Crippen molar-refractivity contribution in [2.75, 3.05) is 5.32 Å². The number of rotatable bonds is 3. The van der Waals surface area contributed by atoms with Crippen LogP contribution in [0.3, 0.4) is 0 Å². The van der Waals surface area contributed by atoms with E-state index < -0.39 is 11.0 Å². The summed E-state index contributed by atoms with van der Waals surface area (Å²) in [5.41, 5.74) is 0.750. The van der Waals surface area contributed by atoms with E-state index in [0.29, 0.717) is 32.9 Å². The van der Waals surface area contributed by atoms with E-state index in [2.05, 4.69) is 15.5 Å². The number of benzene rings is 4. The number of phenolic OH excluding ortho intramolecular Hbond substituents is 1. The molecule has 0 aliphatic heterocycles. The summed E-state index contributed by atoms with van der Waals surface area (Å²) in [7, 11) is 0. The van der Waals surface area contributed by atoms with Crippen LogP contribution in [0.1, 0.15) is 0 Å². The Labute approximate surface area is 164 Å². The van der Waals surface area contributed by atoms with Crippen molar-refractivity contribution in [3.8, 4) is 5.75 Å². The molecular weight excluding hydrogens is 372 g/mol. The Bertz CT molecular complexity index is 1230. The molecule has 0 atom stereocenters. The van der Waals surface area contributed by atoms with Gasteiger partial charge in [-0.1, -0.05) is 53.6 Å². The molecule has 0 aliphatic rings. The Hall–Kier alpha value is -4.33. The molecule has 4 rings (SSSR count). The van der Waals surface area contributed by atoms with Crippen molar-refractivity contribution >= 4 is 44.6 Å². The minimum Gasteiger partial charge on any atom is -0.507 e. The van der Waals surface area contributed by atoms with Gasteiger partial charge in [0.1, 0.15) is 11.4 Å². The van der Waals surface area contributed by atoms with Gasteiger partial charge in [-0.25, -0.2) is 4.79 Å². The molecule has 0 aromatic heterocycles. The summed E-state index contributed by atoms with van der Waals surface area (Å²) in [6.07, 6.45) is 0. The molecule has 29 heavy (non-hydrogen) atoms. The highest BCUT2D eigenvalue weighted by Crippen LogP contribution is 2.41. The molecule has 0 aliphatic carbocycles. The van der Waals surface area contributed by atoms with Gasteiger partial charge in [0.05, 0.1) is 4.92 Å². The smallest absolute Gasteiger partial charge is 0.364 e. The van der Waals surface area contributed by atoms with E-state index in [0.717, 1.165) is 0 Å². The largest absolute Gasteiger partial charge is 0.507 e. The normalized spacial score (nSPS) is 11.2. The summed E-state index contributed by atoms with van der Waals surface area (Å²) in [5.74, 6) is 0.144. The molecule has 0 fully saturated rings. The molecule has 0 unspecified atom stereocenters. The molecule has 2 N–H and O–H groups in total. The number of fused-ring (bicyclic) bond motifs is 2. The molecule has 8 nitrogen and oxygen atoms in total. The Balaban J connectivity index is 1.69. The maximum atomic E-state index is 12.2. The number of nitrogens with one attached hydrogen (secondary N) is 1. The highest BCUT2D eigenvalue weighted by atomic mass is 16.6. The molecule has 4 aromatic rings. The molecule has 8 heteroatoms. The number of nitrogens with zero attached hydrogens (tertiary/aromatic N) is 3. The number of non-ortho nitro benzene ring substituents is 1. The van der Waals surface area contributed by atoms with Gasteiger partial charge in [-0.2, -0.15) is 0 Å². The molecule has 0 saturated carbocycles. The second-order valence-corrected chi connectivity index (χ2v) is 6.22. The van der Waals surface area contributed by atoms with Gasteiger partial charge in [-0.05, 0) is 12.1 Å². The van der Waals surface area contributed by atoms with Crippen LogP contribution in [0.4, 0.5) is 21.9 Å². The van der Waals surface area contributed by atoms with Gasteiger partial charge in [0.2, 0.25) is 0 Å². The summed E-state index contributed by atoms with van der Waals surface area (Å²) < 4.78 is 0. The van der Waals surface area contributed by atoms with Crippen LogP contribution in [-0.4, -0.2) is 16.1 Å². The van der Waals surface area contributed by atoms with Gasteiger partial charge in [0, 0.05) is 39.4 Å². The number of urea groups is 1. The van der Waals surface area contributed by atoms with Gasteiger partial charge in [-0.3, -0.25) is 10.1 Å². The highest BCUT2D eigenvalue weighted by Gasteiger charge is 2.13. The second kappa shape index (κ2) is 7.35. The Morgan fingerprint density at radius 1 is 0.862 bits per heavy atom. The topological polar surface area (TPSA) is 117 Å². The van der Waals surface area contributed by atoms with Crippen molar-refractivity contribution in [2.24, 2.45) is 10.2 Å². The third-order valence-electron chi connectivity index (χ3n) is 4.44. The molecule has 0 radical (unpaired) electrons. The lowest BCUT2D eigenvalue weighted by molar-refractivity contribution is -0.384. The molecule has 142 valence electrons. The summed E-state index contributed by atoms with van der Waals surface area (Å²) in [6.45, 7) is 0. The fourth-order valence-electron chi connectivity index (χ4n) is 3.10. The minimum atomic E-state index is -0.722. The van der Waals surface area contributed by atoms with E-state index in [9.17, 15) is 20.0 Å². The lowest BCUT2D eigenvalue weighted by Gasteiger charge is -2.09. The predicted octanol–water partition coefficient (Wildman–Crippen LogP) is 5.92. The molecule has 0 heterocycles. The third-order valence-corrected chi connectivity index (χ3v) is 4.44. The van der Waals surface area contributed by atoms with Crippen molar-refractivity contribution < 1.29 is 14.8 Å². The molecule has 0 spiro atoms. The van der Waals surface area contributed by atoms with Crippen LogP contribution in [0.15, 0.2) is 83.0 Å². The van der Waals surface area contributed by atoms with Crippen LogP contribution in [-0.2, 0) is 0 Å². The first-order valence-corrected chi connectivity index (χ1v) is 8.64. The zero-order chi connectivity index (χ0) is 20.4. The average Bonchev–Trinajstić information content (AvgIpc) is 2.74. The second-order valence-electron chi connectivity index (χ2n) is 6.22. The number of amides is 2. The molecular formula is C21H14N4O4. The van der Waals surface area contributed by atoms with E-state index in [4.69, 9.17) is 0 Å². The number of phenols is 1. The van der Waals surface area contributed by atoms with Gasteiger partial charge in [0.15, 0.2) is 0 Å². The van der Waals surface area contributed by atoms with E-state index in [-0.39, 0.29) is 11.4 Å². The van der Waals surface area contributed by atoms with Crippen molar-refractivity contribution in [1.29, 1.82) is 0 Å². The van der Waals surface area contributed by atoms with Crippen LogP contribution in [0.5, 0.6) is 5.75 Å². The number of hydrogen-bond acceptors (Lipinski definition) is 5. The Kier molecular flexibility index (Phi) is 4.58. The number of carbonyl (C=O) groups excluding carboxylic acids is 1. The maximum Gasteiger partial charge on any atom is 0.364 e. The quantitative estimate of drug-likeness (QED) is 0.196. The number of anilines is 1. The van der Waals surface area contributed by atoms with Gasteiger partial charge in [0.25, 0.3) is 5.69 Å². The van der Waals surface area contributed by atoms with E-state index in [1.54, 1.807) is 36.4 Å². The van der Waals surface area contributed by atoms with Crippen LogP contribution in [0.25, 0.3) is 21.5 Å². The average molecular weight is 386 g/mol. The van der Waals surface area contributed by atoms with Crippen molar-refractivity contribution in [3.63, 3.8) is 0 Å². The monoisotopic (exact) mass is 386 g/mol. The van der Waals surface area contributed by atoms with Crippen LogP contribution in [0.2, 0.25) is 0 Å². The van der Waals surface area contributed by atoms with Gasteiger partial charge in [-0.15, -0.1) is 5.11 Å². The van der Waals surface area contributed by atoms with Crippen molar-refractivity contribution in [1.82, 2.24) is 0 Å². The van der Waals surface area contributed by atoms with E-state index in [1.165, 1.54) is 24.3 Å². The molecule has 0 bridgehead atoms. The summed E-state index contributed by atoms with van der Waals surface area (Å²) in [4.78, 5) is 22.4. The van der Waals surface area contributed by atoms with Crippen molar-refractivity contribution in [2.45, 2.75) is 0 Å². The standard InChI is InChI=1S/C21H14N4O4/c26-20-17-7-3-1-5-15(17)19(16-6-2-4-8-18(16)20)23-24-21(27)22-13-9-11-14(12-10-13)25(28)29/h1-12,26H,(H,22,27). The lowest BCUT2D eigenvalue weighted by Crippen LogP contribution is -2.05. The SMILES string of the molecule is O=C(N=Nc1c2ccccc2c(O)c2ccccc12)Nc1ccc([N+](=O)[O-])cc1. The fraction of sp³-hybridized carbons (Fsp3) is 0. The van der Waals surface area contributed by atoms with Gasteiger partial charge < -0.3 is 10.4 Å². The molecule has 0 saturated heterocycles. The number of azo groups is 1. The third kappa shape index (κ3) is 3.46. The number of nitro groups is 1. The first kappa shape index (κ1) is 18.1. The first-order valence-electron chi connectivity index (χ1n) is 8.64. The van der Waals surface area contributed by atoms with Crippen LogP contribution < -0.4 is 5.32 Å². The van der Waals surface area contributed by atoms with Crippen molar-refractivity contribution in [3.05, 3.63) is 82.9 Å². The first-order chi connectivity index (χ1) is 14.0. The zero-order valence-electron chi connectivity index (χ0n) is 14.9. The number of hydrogen-bond donors (Lipinski definition) is 2. The summed E-state index contributed by atoms with van der Waals surface area (Å²) in [5, 5.41) is 34.2. The fourth-order valence-corrected chi connectivity index (χ4v) is 3.10. The van der Waals surface area contributed by atoms with Crippen LogP contribution >= 0.6 is 0 Å². The number of aromatic hydroxyl groups is 1. The summed E-state index contributed by atoms with van der Waals surface area (Å²) >= 11 is 0. The van der Waals surface area contributed by atoms with Crippen LogP contribution in [0, 0.1) is 10.1 Å². The lowest BCUT2D eigenvalue weighted by atomic mass is 10.00. The van der Waals surface area contributed by atoms with Gasteiger partial charge >= 0.3 is 6.03 Å². The predicted molar refractivity (Wildman–Crippen MR) is 110 cm³/mol. The van der Waals surface area contributed by atoms with E-state index >= 15 is 0 Å². The highest BCUT2D eigenvalue weighted by molar-refractivity contribution is 6.14. The van der Waals surface area contributed by atoms with E-state index in [1.807, 2.05) is 12.1 Å². The number of carbonyl (C=O) groups is 1.